The smallest absolute Gasteiger partial charge is 0.255 e. The average molecular weight is 348 g/mol. The van der Waals surface area contributed by atoms with Crippen molar-refractivity contribution in [2.45, 2.75) is 39.0 Å². The predicted molar refractivity (Wildman–Crippen MR) is 104 cm³/mol. The van der Waals surface area contributed by atoms with Gasteiger partial charge in [0.25, 0.3) is 5.91 Å². The normalized spacial score (nSPS) is 16.6. The van der Waals surface area contributed by atoms with Gasteiger partial charge in [-0.15, -0.1) is 0 Å². The number of carbonyl (C=O) groups is 2. The minimum atomic E-state index is -0.116. The van der Waals surface area contributed by atoms with E-state index in [1.54, 1.807) is 0 Å². The highest BCUT2D eigenvalue weighted by Crippen LogP contribution is 2.35. The fraction of sp³-hybridized carbons (Fsp3) is 0.364. The van der Waals surface area contributed by atoms with E-state index in [1.165, 1.54) is 5.56 Å². The molecule has 2 amide bonds. The van der Waals surface area contributed by atoms with Gasteiger partial charge in [-0.25, -0.2) is 0 Å². The molecule has 1 heterocycles. The van der Waals surface area contributed by atoms with Crippen molar-refractivity contribution in [3.63, 3.8) is 0 Å². The number of amides is 2. The number of carbonyl (C=O) groups excluding carboxylic acids is 2. The molecule has 0 atom stereocenters. The number of hydrogen-bond donors (Lipinski definition) is 1. The first-order valence-corrected chi connectivity index (χ1v) is 9.45. The van der Waals surface area contributed by atoms with Crippen molar-refractivity contribution in [1.29, 1.82) is 0 Å². The first kappa shape index (κ1) is 16.8. The number of nitrogens with zero attached hydrogens (tertiary/aromatic N) is 1. The summed E-state index contributed by atoms with van der Waals surface area (Å²) in [5.74, 6) is 0.310. The van der Waals surface area contributed by atoms with E-state index in [-0.39, 0.29) is 17.7 Å². The summed E-state index contributed by atoms with van der Waals surface area (Å²) in [5, 5.41) is 2.98. The molecule has 0 spiro atoms. The number of anilines is 2. The molecule has 0 bridgehead atoms. The Morgan fingerprint density at radius 1 is 1.08 bits per heavy atom. The molecule has 2 aliphatic rings. The van der Waals surface area contributed by atoms with Crippen molar-refractivity contribution in [3.8, 4) is 0 Å². The third kappa shape index (κ3) is 3.12. The first-order chi connectivity index (χ1) is 12.6. The van der Waals surface area contributed by atoms with Crippen LogP contribution < -0.4 is 10.2 Å². The standard InChI is InChI=1S/C22H24N2O2/c1-15-6-2-5-9-19(15)21(25)23-18-11-10-16-12-13-24(20(16)14-18)22(26)17-7-3-4-8-17/h2,5-6,9-11,14,17H,3-4,7-8,12-13H2,1H3,(H,23,25). The van der Waals surface area contributed by atoms with Crippen LogP contribution in [0.3, 0.4) is 0 Å². The molecule has 1 saturated carbocycles. The first-order valence-electron chi connectivity index (χ1n) is 9.45. The van der Waals surface area contributed by atoms with Crippen molar-refractivity contribution < 1.29 is 9.59 Å². The van der Waals surface area contributed by atoms with E-state index < -0.39 is 0 Å². The molecule has 0 aromatic heterocycles. The van der Waals surface area contributed by atoms with E-state index in [0.717, 1.165) is 55.6 Å². The zero-order valence-electron chi connectivity index (χ0n) is 15.1. The van der Waals surface area contributed by atoms with Gasteiger partial charge in [0.05, 0.1) is 0 Å². The summed E-state index contributed by atoms with van der Waals surface area (Å²) in [6.45, 7) is 2.68. The van der Waals surface area contributed by atoms with Gasteiger partial charge < -0.3 is 10.2 Å². The molecule has 4 heteroatoms. The van der Waals surface area contributed by atoms with E-state index >= 15 is 0 Å². The minimum Gasteiger partial charge on any atom is -0.322 e. The van der Waals surface area contributed by atoms with Crippen LogP contribution in [0.5, 0.6) is 0 Å². The van der Waals surface area contributed by atoms with Crippen LogP contribution in [0, 0.1) is 12.8 Å². The number of hydrogen-bond acceptors (Lipinski definition) is 2. The Hall–Kier alpha value is -2.62. The highest BCUT2D eigenvalue weighted by atomic mass is 16.2. The summed E-state index contributed by atoms with van der Waals surface area (Å²) in [6.07, 6.45) is 5.22. The molecule has 1 N–H and O–H groups in total. The molecule has 1 aliphatic carbocycles. The lowest BCUT2D eigenvalue weighted by Crippen LogP contribution is -2.33. The number of fused-ring (bicyclic) bond motifs is 1. The predicted octanol–water partition coefficient (Wildman–Crippen LogP) is 4.33. The van der Waals surface area contributed by atoms with Gasteiger partial charge in [0.1, 0.15) is 0 Å². The van der Waals surface area contributed by atoms with Crippen LogP contribution in [-0.2, 0) is 11.2 Å². The van der Waals surface area contributed by atoms with Crippen molar-refractivity contribution in [1.82, 2.24) is 0 Å². The molecular formula is C22H24N2O2. The van der Waals surface area contributed by atoms with Gasteiger partial charge in [-0.2, -0.15) is 0 Å². The zero-order chi connectivity index (χ0) is 18.1. The SMILES string of the molecule is Cc1ccccc1C(=O)Nc1ccc2c(c1)N(C(=O)C1CCCC1)CC2. The maximum atomic E-state index is 12.8. The van der Waals surface area contributed by atoms with Gasteiger partial charge in [-0.3, -0.25) is 9.59 Å². The largest absolute Gasteiger partial charge is 0.322 e. The molecule has 1 aliphatic heterocycles. The lowest BCUT2D eigenvalue weighted by molar-refractivity contribution is -0.122. The second kappa shape index (κ2) is 6.94. The lowest BCUT2D eigenvalue weighted by Gasteiger charge is -2.21. The quantitative estimate of drug-likeness (QED) is 0.898. The van der Waals surface area contributed by atoms with Gasteiger partial charge in [0, 0.05) is 29.4 Å². The van der Waals surface area contributed by atoms with Crippen LogP contribution >= 0.6 is 0 Å². The molecule has 1 fully saturated rings. The van der Waals surface area contributed by atoms with Crippen LogP contribution in [0.1, 0.15) is 47.2 Å². The highest BCUT2D eigenvalue weighted by molar-refractivity contribution is 6.06. The number of nitrogens with one attached hydrogen (secondary N) is 1. The Balaban J connectivity index is 1.55. The van der Waals surface area contributed by atoms with Crippen LogP contribution in [0.2, 0.25) is 0 Å². The topological polar surface area (TPSA) is 49.4 Å². The molecule has 0 unspecified atom stereocenters. The van der Waals surface area contributed by atoms with Gasteiger partial charge in [0.15, 0.2) is 0 Å². The van der Waals surface area contributed by atoms with Crippen molar-refractivity contribution in [2.75, 3.05) is 16.8 Å². The van der Waals surface area contributed by atoms with Crippen LogP contribution in [0.4, 0.5) is 11.4 Å². The molecule has 2 aromatic carbocycles. The second-order valence-electron chi connectivity index (χ2n) is 7.33. The van der Waals surface area contributed by atoms with Crippen molar-refractivity contribution in [3.05, 3.63) is 59.2 Å². The lowest BCUT2D eigenvalue weighted by atomic mass is 10.1. The monoisotopic (exact) mass is 348 g/mol. The number of benzene rings is 2. The summed E-state index contributed by atoms with van der Waals surface area (Å²) in [6, 6.07) is 13.5. The molecule has 0 radical (unpaired) electrons. The third-order valence-electron chi connectivity index (χ3n) is 5.60. The maximum Gasteiger partial charge on any atom is 0.255 e. The summed E-state index contributed by atoms with van der Waals surface area (Å²) >= 11 is 0. The molecule has 26 heavy (non-hydrogen) atoms. The van der Waals surface area contributed by atoms with Gasteiger partial charge in [0.2, 0.25) is 5.91 Å². The van der Waals surface area contributed by atoms with Gasteiger partial charge in [-0.05, 0) is 55.5 Å². The maximum absolute atomic E-state index is 12.8. The summed E-state index contributed by atoms with van der Waals surface area (Å²) in [7, 11) is 0. The molecular weight excluding hydrogens is 324 g/mol. The zero-order valence-corrected chi connectivity index (χ0v) is 15.1. The van der Waals surface area contributed by atoms with Crippen molar-refractivity contribution in [2.24, 2.45) is 5.92 Å². The second-order valence-corrected chi connectivity index (χ2v) is 7.33. The number of rotatable bonds is 3. The van der Waals surface area contributed by atoms with E-state index in [4.69, 9.17) is 0 Å². The molecule has 2 aromatic rings. The Bertz CT molecular complexity index is 853. The Morgan fingerprint density at radius 2 is 1.85 bits per heavy atom. The van der Waals surface area contributed by atoms with E-state index in [2.05, 4.69) is 5.32 Å². The average Bonchev–Trinajstić information content (AvgIpc) is 3.31. The van der Waals surface area contributed by atoms with Crippen LogP contribution in [0.25, 0.3) is 0 Å². The van der Waals surface area contributed by atoms with Crippen LogP contribution in [0.15, 0.2) is 42.5 Å². The molecule has 0 saturated heterocycles. The molecule has 134 valence electrons. The third-order valence-corrected chi connectivity index (χ3v) is 5.60. The van der Waals surface area contributed by atoms with Gasteiger partial charge in [-0.1, -0.05) is 37.1 Å². The van der Waals surface area contributed by atoms with Crippen LogP contribution in [-0.4, -0.2) is 18.4 Å². The van der Waals surface area contributed by atoms with E-state index in [1.807, 2.05) is 54.3 Å². The Kier molecular flexibility index (Phi) is 4.49. The fourth-order valence-corrected chi connectivity index (χ4v) is 4.11. The summed E-state index contributed by atoms with van der Waals surface area (Å²) < 4.78 is 0. The number of aryl methyl sites for hydroxylation is 1. The summed E-state index contributed by atoms with van der Waals surface area (Å²) in [5.41, 5.74) is 4.51. The Labute approximate surface area is 154 Å². The summed E-state index contributed by atoms with van der Waals surface area (Å²) in [4.78, 5) is 27.3. The minimum absolute atomic E-state index is 0.116. The van der Waals surface area contributed by atoms with Gasteiger partial charge >= 0.3 is 0 Å². The van der Waals surface area contributed by atoms with E-state index in [0.29, 0.717) is 5.56 Å². The van der Waals surface area contributed by atoms with Crippen molar-refractivity contribution >= 4 is 23.2 Å². The van der Waals surface area contributed by atoms with E-state index in [9.17, 15) is 9.59 Å². The molecule has 4 nitrogen and oxygen atoms in total. The fourth-order valence-electron chi connectivity index (χ4n) is 4.11. The molecule has 4 rings (SSSR count). The Morgan fingerprint density at radius 3 is 2.62 bits per heavy atom. The highest BCUT2D eigenvalue weighted by Gasteiger charge is 2.32.